The lowest BCUT2D eigenvalue weighted by molar-refractivity contribution is -0.138. The van der Waals surface area contributed by atoms with E-state index in [1.54, 1.807) is 45.2 Å². The summed E-state index contributed by atoms with van der Waals surface area (Å²) in [6.07, 6.45) is 0.648. The summed E-state index contributed by atoms with van der Waals surface area (Å²) in [5.74, 6) is 0.0497. The quantitative estimate of drug-likeness (QED) is 0.726. The first kappa shape index (κ1) is 19.8. The molecule has 0 bridgehead atoms. The molecule has 5 nitrogen and oxygen atoms in total. The lowest BCUT2D eigenvalue weighted by Crippen LogP contribution is -2.45. The van der Waals surface area contributed by atoms with Crippen LogP contribution >= 0.6 is 11.6 Å². The fourth-order valence-electron chi connectivity index (χ4n) is 2.33. The highest BCUT2D eigenvalue weighted by Gasteiger charge is 2.35. The molecule has 0 unspecified atom stereocenters. The molecular weight excluding hydrogens is 352 g/mol. The van der Waals surface area contributed by atoms with Crippen molar-refractivity contribution in [3.63, 3.8) is 0 Å². The standard InChI is InChI=1S/C20H23ClN2O3/c1-20(2,19(25)23-16-8-5-7-15(21)13-16)18(24)22-11-10-14-6-4-9-17(12-14)26-3/h4-9,12-13H,10-11H2,1-3H3,(H,22,24)(H,23,25). The van der Waals surface area contributed by atoms with E-state index in [1.807, 2.05) is 24.3 Å². The van der Waals surface area contributed by atoms with Crippen LogP contribution in [0, 0.1) is 5.41 Å². The number of methoxy groups -OCH3 is 1. The third-order valence-electron chi connectivity index (χ3n) is 4.05. The zero-order valence-electron chi connectivity index (χ0n) is 15.1. The molecule has 0 fully saturated rings. The SMILES string of the molecule is COc1cccc(CCNC(=O)C(C)(C)C(=O)Nc2cccc(Cl)c2)c1. The van der Waals surface area contributed by atoms with Gasteiger partial charge in [0.15, 0.2) is 0 Å². The molecule has 2 aromatic carbocycles. The molecule has 0 aromatic heterocycles. The predicted molar refractivity (Wildman–Crippen MR) is 104 cm³/mol. The number of amides is 2. The molecule has 0 saturated carbocycles. The van der Waals surface area contributed by atoms with E-state index in [0.717, 1.165) is 11.3 Å². The first-order valence-electron chi connectivity index (χ1n) is 8.31. The van der Waals surface area contributed by atoms with Crippen molar-refractivity contribution in [3.8, 4) is 5.75 Å². The number of hydrogen-bond acceptors (Lipinski definition) is 3. The van der Waals surface area contributed by atoms with Crippen LogP contribution in [0.4, 0.5) is 5.69 Å². The van der Waals surface area contributed by atoms with E-state index in [0.29, 0.717) is 23.7 Å². The first-order valence-corrected chi connectivity index (χ1v) is 8.69. The van der Waals surface area contributed by atoms with Gasteiger partial charge in [-0.05, 0) is 56.2 Å². The average Bonchev–Trinajstić information content (AvgIpc) is 2.61. The number of carbonyl (C=O) groups excluding carboxylic acids is 2. The summed E-state index contributed by atoms with van der Waals surface area (Å²) in [4.78, 5) is 24.9. The second-order valence-corrected chi connectivity index (χ2v) is 6.88. The van der Waals surface area contributed by atoms with E-state index in [9.17, 15) is 9.59 Å². The normalized spacial score (nSPS) is 10.9. The second-order valence-electron chi connectivity index (χ2n) is 6.45. The highest BCUT2D eigenvalue weighted by Crippen LogP contribution is 2.21. The Kier molecular flexibility index (Phi) is 6.64. The van der Waals surface area contributed by atoms with Gasteiger partial charge in [0, 0.05) is 17.3 Å². The number of hydrogen-bond donors (Lipinski definition) is 2. The molecule has 6 heteroatoms. The molecule has 0 saturated heterocycles. The monoisotopic (exact) mass is 374 g/mol. The average molecular weight is 375 g/mol. The maximum absolute atomic E-state index is 12.5. The largest absolute Gasteiger partial charge is 0.497 e. The van der Waals surface area contributed by atoms with Gasteiger partial charge in [-0.15, -0.1) is 0 Å². The van der Waals surface area contributed by atoms with Gasteiger partial charge in [-0.3, -0.25) is 9.59 Å². The van der Waals surface area contributed by atoms with Gasteiger partial charge in [0.2, 0.25) is 11.8 Å². The molecule has 0 atom stereocenters. The molecule has 0 heterocycles. The van der Waals surface area contributed by atoms with Gasteiger partial charge in [-0.2, -0.15) is 0 Å². The Hall–Kier alpha value is -2.53. The summed E-state index contributed by atoms with van der Waals surface area (Å²) in [6.45, 7) is 3.61. The van der Waals surface area contributed by atoms with Gasteiger partial charge in [0.25, 0.3) is 0 Å². The third kappa shape index (κ3) is 5.23. The molecular formula is C20H23ClN2O3. The minimum absolute atomic E-state index is 0.333. The van der Waals surface area contributed by atoms with Crippen LogP contribution in [0.1, 0.15) is 19.4 Å². The lowest BCUT2D eigenvalue weighted by Gasteiger charge is -2.23. The second kappa shape index (κ2) is 8.72. The van der Waals surface area contributed by atoms with Crippen LogP contribution in [-0.2, 0) is 16.0 Å². The van der Waals surface area contributed by atoms with Crippen molar-refractivity contribution in [2.75, 3.05) is 19.0 Å². The van der Waals surface area contributed by atoms with Crippen LogP contribution in [0.5, 0.6) is 5.75 Å². The number of ether oxygens (including phenoxy) is 1. The van der Waals surface area contributed by atoms with Crippen molar-refractivity contribution < 1.29 is 14.3 Å². The predicted octanol–water partition coefficient (Wildman–Crippen LogP) is 3.67. The van der Waals surface area contributed by atoms with E-state index in [2.05, 4.69) is 10.6 Å². The van der Waals surface area contributed by atoms with Crippen LogP contribution in [0.2, 0.25) is 5.02 Å². The summed E-state index contributed by atoms with van der Waals surface area (Å²) < 4.78 is 5.18. The van der Waals surface area contributed by atoms with E-state index >= 15 is 0 Å². The Bertz CT molecular complexity index is 790. The number of anilines is 1. The van der Waals surface area contributed by atoms with Crippen LogP contribution in [0.15, 0.2) is 48.5 Å². The number of benzene rings is 2. The van der Waals surface area contributed by atoms with Crippen molar-refractivity contribution in [1.82, 2.24) is 5.32 Å². The highest BCUT2D eigenvalue weighted by atomic mass is 35.5. The smallest absolute Gasteiger partial charge is 0.239 e. The number of carbonyl (C=O) groups is 2. The molecule has 0 spiro atoms. The van der Waals surface area contributed by atoms with E-state index < -0.39 is 11.3 Å². The Balaban J connectivity index is 1.90. The Labute approximate surface area is 158 Å². The van der Waals surface area contributed by atoms with Crippen LogP contribution < -0.4 is 15.4 Å². The maximum Gasteiger partial charge on any atom is 0.239 e. The van der Waals surface area contributed by atoms with Crippen molar-refractivity contribution in [1.29, 1.82) is 0 Å². The van der Waals surface area contributed by atoms with Crippen molar-refractivity contribution in [2.24, 2.45) is 5.41 Å². The zero-order valence-corrected chi connectivity index (χ0v) is 15.9. The van der Waals surface area contributed by atoms with Gasteiger partial charge in [-0.1, -0.05) is 29.8 Å². The number of rotatable bonds is 7. The highest BCUT2D eigenvalue weighted by molar-refractivity contribution is 6.31. The summed E-state index contributed by atoms with van der Waals surface area (Å²) in [5, 5.41) is 6.06. The summed E-state index contributed by atoms with van der Waals surface area (Å²) in [5.41, 5.74) is 0.391. The fourth-order valence-corrected chi connectivity index (χ4v) is 2.52. The summed E-state index contributed by atoms with van der Waals surface area (Å²) >= 11 is 5.91. The molecule has 0 aliphatic rings. The van der Waals surface area contributed by atoms with Gasteiger partial charge in [-0.25, -0.2) is 0 Å². The van der Waals surface area contributed by atoms with Gasteiger partial charge >= 0.3 is 0 Å². The molecule has 26 heavy (non-hydrogen) atoms. The Morgan fingerprint density at radius 2 is 1.81 bits per heavy atom. The minimum atomic E-state index is -1.21. The molecule has 138 valence electrons. The zero-order chi connectivity index (χ0) is 19.2. The van der Waals surface area contributed by atoms with E-state index in [1.165, 1.54) is 0 Å². The summed E-state index contributed by atoms with van der Waals surface area (Å²) in [6, 6.07) is 14.5. The van der Waals surface area contributed by atoms with Crippen molar-refractivity contribution in [3.05, 3.63) is 59.1 Å². The minimum Gasteiger partial charge on any atom is -0.497 e. The van der Waals surface area contributed by atoms with E-state index in [4.69, 9.17) is 16.3 Å². The molecule has 2 amide bonds. The lowest BCUT2D eigenvalue weighted by atomic mass is 9.91. The molecule has 2 N–H and O–H groups in total. The van der Waals surface area contributed by atoms with Crippen molar-refractivity contribution in [2.45, 2.75) is 20.3 Å². The molecule has 2 aromatic rings. The van der Waals surface area contributed by atoms with Gasteiger partial charge in [0.1, 0.15) is 11.2 Å². The maximum atomic E-state index is 12.5. The molecule has 2 rings (SSSR count). The Morgan fingerprint density at radius 1 is 1.08 bits per heavy atom. The molecule has 0 aliphatic carbocycles. The van der Waals surface area contributed by atoms with Crippen LogP contribution in [0.25, 0.3) is 0 Å². The van der Waals surface area contributed by atoms with Crippen molar-refractivity contribution >= 4 is 29.1 Å². The van der Waals surface area contributed by atoms with Crippen LogP contribution in [0.3, 0.4) is 0 Å². The molecule has 0 radical (unpaired) electrons. The van der Waals surface area contributed by atoms with Gasteiger partial charge < -0.3 is 15.4 Å². The van der Waals surface area contributed by atoms with Gasteiger partial charge in [0.05, 0.1) is 7.11 Å². The van der Waals surface area contributed by atoms with E-state index in [-0.39, 0.29) is 5.91 Å². The topological polar surface area (TPSA) is 67.4 Å². The molecule has 0 aliphatic heterocycles. The third-order valence-corrected chi connectivity index (χ3v) is 4.29. The van der Waals surface area contributed by atoms with Crippen LogP contribution in [-0.4, -0.2) is 25.5 Å². The number of nitrogens with one attached hydrogen (secondary N) is 2. The summed E-state index contributed by atoms with van der Waals surface area (Å²) in [7, 11) is 1.61. The number of halogens is 1. The fraction of sp³-hybridized carbons (Fsp3) is 0.300. The first-order chi connectivity index (χ1) is 12.3. The Morgan fingerprint density at radius 3 is 2.50 bits per heavy atom.